The third-order valence-corrected chi connectivity index (χ3v) is 3.58. The summed E-state index contributed by atoms with van der Waals surface area (Å²) < 4.78 is 5.73. The first kappa shape index (κ1) is 18.0. The molecule has 0 saturated carbocycles. The van der Waals surface area contributed by atoms with E-state index in [2.05, 4.69) is 61.4 Å². The third kappa shape index (κ3) is 6.42. The number of ether oxygens (including phenoxy) is 1. The maximum atomic E-state index is 5.97. The van der Waals surface area contributed by atoms with Gasteiger partial charge < -0.3 is 15.8 Å². The molecule has 0 bridgehead atoms. The molecule has 0 saturated heterocycles. The molecule has 2 aromatic rings. The standard InChI is InChI=1S/C20H27N3O/c1-15-9-16(2)11-19(10-15)23-20(21)22-12-17(3)13-24-14-18-7-5-4-6-8-18/h4-11,17H,12-14H2,1-3H3,(H3,21,22,23). The Morgan fingerprint density at radius 1 is 1.12 bits per heavy atom. The second kappa shape index (κ2) is 9.08. The third-order valence-electron chi connectivity index (χ3n) is 3.58. The number of nitrogens with zero attached hydrogens (tertiary/aromatic N) is 1. The van der Waals surface area contributed by atoms with E-state index in [0.29, 0.717) is 31.6 Å². The molecule has 0 radical (unpaired) electrons. The van der Waals surface area contributed by atoms with Gasteiger partial charge in [0, 0.05) is 12.2 Å². The van der Waals surface area contributed by atoms with Crippen LogP contribution in [0.15, 0.2) is 53.5 Å². The molecule has 0 aliphatic rings. The molecule has 128 valence electrons. The van der Waals surface area contributed by atoms with E-state index in [0.717, 1.165) is 5.69 Å². The van der Waals surface area contributed by atoms with Gasteiger partial charge in [-0.1, -0.05) is 43.3 Å². The van der Waals surface area contributed by atoms with Gasteiger partial charge in [0.2, 0.25) is 0 Å². The van der Waals surface area contributed by atoms with Gasteiger partial charge >= 0.3 is 0 Å². The number of hydrogen-bond acceptors (Lipinski definition) is 2. The summed E-state index contributed by atoms with van der Waals surface area (Å²) in [7, 11) is 0. The molecule has 4 nitrogen and oxygen atoms in total. The minimum Gasteiger partial charge on any atom is -0.376 e. The van der Waals surface area contributed by atoms with Crippen molar-refractivity contribution in [2.75, 3.05) is 18.5 Å². The molecular weight excluding hydrogens is 298 g/mol. The van der Waals surface area contributed by atoms with Gasteiger partial charge in [0.15, 0.2) is 5.96 Å². The molecule has 2 rings (SSSR count). The van der Waals surface area contributed by atoms with Gasteiger partial charge in [-0.2, -0.15) is 0 Å². The Morgan fingerprint density at radius 2 is 1.79 bits per heavy atom. The zero-order valence-corrected chi connectivity index (χ0v) is 14.8. The molecule has 0 aliphatic heterocycles. The molecule has 0 aliphatic carbocycles. The fourth-order valence-electron chi connectivity index (χ4n) is 2.49. The molecule has 1 atom stereocenters. The number of rotatable bonds is 7. The van der Waals surface area contributed by atoms with Crippen LogP contribution in [0.1, 0.15) is 23.6 Å². The lowest BCUT2D eigenvalue weighted by molar-refractivity contribution is 0.0945. The highest BCUT2D eigenvalue weighted by molar-refractivity contribution is 5.92. The minimum atomic E-state index is 0.313. The van der Waals surface area contributed by atoms with Crippen LogP contribution in [0.3, 0.4) is 0 Å². The average Bonchev–Trinajstić information content (AvgIpc) is 2.53. The van der Waals surface area contributed by atoms with Crippen molar-refractivity contribution in [3.05, 3.63) is 65.2 Å². The highest BCUT2D eigenvalue weighted by Gasteiger charge is 2.03. The number of nitrogens with one attached hydrogen (secondary N) is 1. The predicted molar refractivity (Wildman–Crippen MR) is 101 cm³/mol. The molecular formula is C20H27N3O. The van der Waals surface area contributed by atoms with Gasteiger partial charge in [0.25, 0.3) is 0 Å². The fraction of sp³-hybridized carbons (Fsp3) is 0.350. The Bertz CT molecular complexity index is 648. The van der Waals surface area contributed by atoms with Crippen LogP contribution in [0.5, 0.6) is 0 Å². The predicted octanol–water partition coefficient (Wildman–Crippen LogP) is 3.88. The summed E-state index contributed by atoms with van der Waals surface area (Å²) in [5.41, 5.74) is 10.5. The van der Waals surface area contributed by atoms with Crippen LogP contribution in [-0.2, 0) is 11.3 Å². The quantitative estimate of drug-likeness (QED) is 0.600. The summed E-state index contributed by atoms with van der Waals surface area (Å²) in [5, 5.41) is 3.15. The van der Waals surface area contributed by atoms with Crippen molar-refractivity contribution in [2.24, 2.45) is 16.6 Å². The first-order valence-electron chi connectivity index (χ1n) is 8.30. The van der Waals surface area contributed by atoms with Crippen LogP contribution in [0.2, 0.25) is 0 Å². The first-order chi connectivity index (χ1) is 11.5. The zero-order chi connectivity index (χ0) is 17.4. The monoisotopic (exact) mass is 325 g/mol. The molecule has 2 aromatic carbocycles. The number of anilines is 1. The van der Waals surface area contributed by atoms with Crippen LogP contribution in [0, 0.1) is 19.8 Å². The van der Waals surface area contributed by atoms with Crippen molar-refractivity contribution < 1.29 is 4.74 Å². The molecule has 0 aromatic heterocycles. The summed E-state index contributed by atoms with van der Waals surface area (Å²) in [4.78, 5) is 4.41. The van der Waals surface area contributed by atoms with Crippen LogP contribution in [-0.4, -0.2) is 19.1 Å². The maximum Gasteiger partial charge on any atom is 0.193 e. The SMILES string of the molecule is Cc1cc(C)cc(NC(N)=NCC(C)COCc2ccccc2)c1. The van der Waals surface area contributed by atoms with E-state index in [-0.39, 0.29) is 0 Å². The zero-order valence-electron chi connectivity index (χ0n) is 14.8. The maximum absolute atomic E-state index is 5.97. The molecule has 1 unspecified atom stereocenters. The molecule has 0 fully saturated rings. The largest absolute Gasteiger partial charge is 0.376 e. The van der Waals surface area contributed by atoms with Gasteiger partial charge in [-0.25, -0.2) is 0 Å². The molecule has 4 heteroatoms. The van der Waals surface area contributed by atoms with Gasteiger partial charge in [0.1, 0.15) is 0 Å². The summed E-state index contributed by atoms with van der Waals surface area (Å²) in [6, 6.07) is 16.4. The van der Waals surface area contributed by atoms with Crippen LogP contribution >= 0.6 is 0 Å². The lowest BCUT2D eigenvalue weighted by atomic mass is 10.1. The Hall–Kier alpha value is -2.33. The molecule has 0 amide bonds. The summed E-state index contributed by atoms with van der Waals surface area (Å²) in [6.45, 7) is 8.17. The number of aryl methyl sites for hydroxylation is 2. The van der Waals surface area contributed by atoms with E-state index in [1.54, 1.807) is 0 Å². The minimum absolute atomic E-state index is 0.313. The topological polar surface area (TPSA) is 59.6 Å². The van der Waals surface area contributed by atoms with Crippen molar-refractivity contribution >= 4 is 11.6 Å². The first-order valence-corrected chi connectivity index (χ1v) is 8.30. The van der Waals surface area contributed by atoms with Gasteiger partial charge in [0.05, 0.1) is 13.2 Å². The number of aliphatic imine (C=N–C) groups is 1. The molecule has 24 heavy (non-hydrogen) atoms. The molecule has 0 heterocycles. The molecule has 3 N–H and O–H groups in total. The smallest absolute Gasteiger partial charge is 0.193 e. The lowest BCUT2D eigenvalue weighted by Crippen LogP contribution is -2.24. The second-order valence-corrected chi connectivity index (χ2v) is 6.33. The van der Waals surface area contributed by atoms with Crippen molar-refractivity contribution in [3.63, 3.8) is 0 Å². The van der Waals surface area contributed by atoms with Crippen molar-refractivity contribution in [3.8, 4) is 0 Å². The fourth-order valence-corrected chi connectivity index (χ4v) is 2.49. The number of guanidine groups is 1. The molecule has 0 spiro atoms. The average molecular weight is 325 g/mol. The van der Waals surface area contributed by atoms with Crippen molar-refractivity contribution in [1.82, 2.24) is 0 Å². The highest BCUT2D eigenvalue weighted by Crippen LogP contribution is 2.13. The Labute approximate surface area is 144 Å². The van der Waals surface area contributed by atoms with Gasteiger partial charge in [-0.3, -0.25) is 4.99 Å². The normalized spacial score (nSPS) is 12.9. The Balaban J connectivity index is 1.74. The number of hydrogen-bond donors (Lipinski definition) is 2. The van der Waals surface area contributed by atoms with Gasteiger partial charge in [-0.15, -0.1) is 0 Å². The second-order valence-electron chi connectivity index (χ2n) is 6.33. The van der Waals surface area contributed by atoms with E-state index in [4.69, 9.17) is 10.5 Å². The lowest BCUT2D eigenvalue weighted by Gasteiger charge is -2.11. The van der Waals surface area contributed by atoms with E-state index >= 15 is 0 Å². The van der Waals surface area contributed by atoms with Crippen LogP contribution < -0.4 is 11.1 Å². The van der Waals surface area contributed by atoms with E-state index < -0.39 is 0 Å². The summed E-state index contributed by atoms with van der Waals surface area (Å²) in [5.74, 6) is 0.753. The number of nitrogens with two attached hydrogens (primary N) is 1. The van der Waals surface area contributed by atoms with Crippen LogP contribution in [0.25, 0.3) is 0 Å². The Kier molecular flexibility index (Phi) is 6.82. The van der Waals surface area contributed by atoms with E-state index in [1.807, 2.05) is 18.2 Å². The Morgan fingerprint density at radius 3 is 2.46 bits per heavy atom. The van der Waals surface area contributed by atoms with E-state index in [1.165, 1.54) is 16.7 Å². The van der Waals surface area contributed by atoms with Crippen LogP contribution in [0.4, 0.5) is 5.69 Å². The summed E-state index contributed by atoms with van der Waals surface area (Å²) >= 11 is 0. The van der Waals surface area contributed by atoms with Crippen molar-refractivity contribution in [1.29, 1.82) is 0 Å². The summed E-state index contributed by atoms with van der Waals surface area (Å²) in [6.07, 6.45) is 0. The number of benzene rings is 2. The van der Waals surface area contributed by atoms with Crippen molar-refractivity contribution in [2.45, 2.75) is 27.4 Å². The van der Waals surface area contributed by atoms with E-state index in [9.17, 15) is 0 Å². The highest BCUT2D eigenvalue weighted by atomic mass is 16.5. The van der Waals surface area contributed by atoms with Gasteiger partial charge in [-0.05, 0) is 48.6 Å².